The molecule has 11 nitrogen and oxygen atoms in total. The summed E-state index contributed by atoms with van der Waals surface area (Å²) in [5.74, 6) is -1.72. The summed E-state index contributed by atoms with van der Waals surface area (Å²) in [5.41, 5.74) is 1.85. The second-order valence-corrected chi connectivity index (χ2v) is 14.2. The number of ether oxygens (including phenoxy) is 2. The van der Waals surface area contributed by atoms with E-state index < -0.39 is 35.9 Å². The number of carbonyl (C=O) groups excluding carboxylic acids is 5. The van der Waals surface area contributed by atoms with E-state index in [4.69, 9.17) is 9.47 Å². The normalized spacial score (nSPS) is 25.8. The van der Waals surface area contributed by atoms with Crippen molar-refractivity contribution in [2.45, 2.75) is 122 Å². The van der Waals surface area contributed by atoms with Crippen LogP contribution in [-0.2, 0) is 39.9 Å². The summed E-state index contributed by atoms with van der Waals surface area (Å²) in [5, 5.41) is 2.90. The number of likely N-dealkylation sites (N-methyl/N-ethyl adjacent to an activating group) is 2. The first-order valence-corrected chi connectivity index (χ1v) is 17.8. The topological polar surface area (TPSA) is 126 Å². The number of esters is 1. The van der Waals surface area contributed by atoms with Crippen LogP contribution in [0.3, 0.4) is 0 Å². The number of nitrogens with zero attached hydrogens (tertiary/aromatic N) is 3. The molecule has 2 heterocycles. The number of fused-ring (bicyclic) bond motifs is 1. The maximum Gasteiger partial charge on any atom is 0.329 e. The van der Waals surface area contributed by atoms with Gasteiger partial charge in [0.25, 0.3) is 0 Å². The molecule has 1 N–H and O–H groups in total. The van der Waals surface area contributed by atoms with E-state index in [0.717, 1.165) is 24.0 Å². The van der Waals surface area contributed by atoms with Gasteiger partial charge in [0.1, 0.15) is 24.2 Å². The fourth-order valence-electron chi connectivity index (χ4n) is 6.49. The number of hydrogen-bond donors (Lipinski definition) is 1. The molecule has 1 aromatic carbocycles. The van der Waals surface area contributed by atoms with E-state index in [9.17, 15) is 24.0 Å². The number of rotatable bonds is 9. The van der Waals surface area contributed by atoms with Crippen molar-refractivity contribution in [3.8, 4) is 0 Å². The van der Waals surface area contributed by atoms with E-state index in [0.29, 0.717) is 45.1 Å². The van der Waals surface area contributed by atoms with Crippen LogP contribution in [-0.4, -0.2) is 109 Å². The zero-order chi connectivity index (χ0) is 36.1. The number of carbonyl (C=O) groups is 5. The Morgan fingerprint density at radius 3 is 2.39 bits per heavy atom. The number of nitrogens with one attached hydrogen (secondary N) is 1. The maximum absolute atomic E-state index is 14.2. The van der Waals surface area contributed by atoms with Gasteiger partial charge in [-0.05, 0) is 76.7 Å². The third-order valence-electron chi connectivity index (χ3n) is 9.63. The molecule has 3 rings (SSSR count). The molecule has 11 heteroatoms. The Morgan fingerprint density at radius 1 is 1.00 bits per heavy atom. The zero-order valence-electron chi connectivity index (χ0n) is 30.6. The van der Waals surface area contributed by atoms with Crippen LogP contribution in [0.1, 0.15) is 91.0 Å². The van der Waals surface area contributed by atoms with Gasteiger partial charge in [-0.3, -0.25) is 19.2 Å². The molecular weight excluding hydrogens is 624 g/mol. The van der Waals surface area contributed by atoms with Gasteiger partial charge in [0.2, 0.25) is 23.6 Å². The van der Waals surface area contributed by atoms with Crippen molar-refractivity contribution < 1.29 is 33.4 Å². The maximum atomic E-state index is 14.2. The standard InChI is InChI=1S/C38H58N4O7/c1-26(2)23-33-37(46)42-22-12-17-32(42)38(47)49-30(16-11-13-28(4)48-7)20-18-27(3)19-21-34(43)39-31(24-29-14-9-8-10-15-29)36(45)40(5)25-35(44)41(33)6/h8-10,14-15,19,26,28,30-33H,11-13,16-18,20-25H2,1-7H3,(H,39,43)/b27-19-. The van der Waals surface area contributed by atoms with Crippen LogP contribution in [0.4, 0.5) is 0 Å². The summed E-state index contributed by atoms with van der Waals surface area (Å²) in [6.45, 7) is 8.05. The van der Waals surface area contributed by atoms with E-state index in [1.54, 1.807) is 19.1 Å². The Kier molecular flexibility index (Phi) is 15.8. The Labute approximate surface area is 292 Å². The van der Waals surface area contributed by atoms with Crippen molar-refractivity contribution >= 4 is 29.6 Å². The highest BCUT2D eigenvalue weighted by Gasteiger charge is 2.41. The minimum Gasteiger partial charge on any atom is -0.461 e. The summed E-state index contributed by atoms with van der Waals surface area (Å²) in [7, 11) is 4.79. The molecule has 1 saturated heterocycles. The Balaban J connectivity index is 1.95. The molecule has 0 saturated carbocycles. The quantitative estimate of drug-likeness (QED) is 0.305. The molecule has 0 aliphatic carbocycles. The molecule has 0 bridgehead atoms. The predicted molar refractivity (Wildman–Crippen MR) is 188 cm³/mol. The molecular formula is C38H58N4O7. The highest BCUT2D eigenvalue weighted by Crippen LogP contribution is 2.26. The van der Waals surface area contributed by atoms with Crippen molar-refractivity contribution in [3.05, 3.63) is 47.5 Å². The van der Waals surface area contributed by atoms with Gasteiger partial charge >= 0.3 is 5.97 Å². The van der Waals surface area contributed by atoms with Gasteiger partial charge in [-0.1, -0.05) is 55.8 Å². The van der Waals surface area contributed by atoms with Gasteiger partial charge < -0.3 is 29.5 Å². The van der Waals surface area contributed by atoms with Crippen molar-refractivity contribution in [3.63, 3.8) is 0 Å². The molecule has 1 aromatic rings. The van der Waals surface area contributed by atoms with Crippen LogP contribution < -0.4 is 5.32 Å². The van der Waals surface area contributed by atoms with Gasteiger partial charge in [-0.15, -0.1) is 0 Å². The van der Waals surface area contributed by atoms with Gasteiger partial charge in [-0.2, -0.15) is 0 Å². The monoisotopic (exact) mass is 682 g/mol. The number of amides is 4. The molecule has 5 unspecified atom stereocenters. The first-order chi connectivity index (χ1) is 23.3. The molecule has 2 aliphatic rings. The van der Waals surface area contributed by atoms with E-state index in [1.165, 1.54) is 16.8 Å². The highest BCUT2D eigenvalue weighted by atomic mass is 16.5. The first kappa shape index (κ1) is 39.7. The second-order valence-electron chi connectivity index (χ2n) is 14.2. The molecule has 0 radical (unpaired) electrons. The van der Waals surface area contributed by atoms with Crippen LogP contribution in [0, 0.1) is 5.92 Å². The molecule has 1 fully saturated rings. The fraction of sp³-hybridized carbons (Fsp3) is 0.658. The third kappa shape index (κ3) is 12.3. The first-order valence-electron chi connectivity index (χ1n) is 17.8. The summed E-state index contributed by atoms with van der Waals surface area (Å²) in [6, 6.07) is 7.02. The van der Waals surface area contributed by atoms with Gasteiger partial charge in [0, 0.05) is 40.6 Å². The van der Waals surface area contributed by atoms with Crippen LogP contribution >= 0.6 is 0 Å². The minimum atomic E-state index is -0.881. The second kappa shape index (κ2) is 19.5. The molecule has 0 spiro atoms. The van der Waals surface area contributed by atoms with Crippen LogP contribution in [0.25, 0.3) is 0 Å². The van der Waals surface area contributed by atoms with Gasteiger partial charge in [0.15, 0.2) is 0 Å². The summed E-state index contributed by atoms with van der Waals surface area (Å²) in [4.78, 5) is 72.8. The van der Waals surface area contributed by atoms with Crippen LogP contribution in [0.2, 0.25) is 0 Å². The highest BCUT2D eigenvalue weighted by molar-refractivity contribution is 5.94. The van der Waals surface area contributed by atoms with Crippen LogP contribution in [0.5, 0.6) is 0 Å². The largest absolute Gasteiger partial charge is 0.461 e. The van der Waals surface area contributed by atoms with E-state index in [1.807, 2.05) is 64.1 Å². The van der Waals surface area contributed by atoms with E-state index in [-0.39, 0.29) is 49.3 Å². The number of benzene rings is 1. The lowest BCUT2D eigenvalue weighted by Crippen LogP contribution is -2.55. The lowest BCUT2D eigenvalue weighted by molar-refractivity contribution is -0.160. The Bertz CT molecular complexity index is 1300. The van der Waals surface area contributed by atoms with E-state index in [2.05, 4.69) is 5.32 Å². The van der Waals surface area contributed by atoms with Crippen molar-refractivity contribution in [2.75, 3.05) is 34.3 Å². The summed E-state index contributed by atoms with van der Waals surface area (Å²) >= 11 is 0. The number of allylic oxidation sites excluding steroid dienone is 1. The van der Waals surface area contributed by atoms with Gasteiger partial charge in [0.05, 0.1) is 12.6 Å². The van der Waals surface area contributed by atoms with E-state index >= 15 is 0 Å². The molecule has 4 amide bonds. The molecule has 272 valence electrons. The molecule has 5 atom stereocenters. The smallest absolute Gasteiger partial charge is 0.329 e. The average molecular weight is 683 g/mol. The summed E-state index contributed by atoms with van der Waals surface area (Å²) < 4.78 is 11.5. The minimum absolute atomic E-state index is 0.0845. The Morgan fingerprint density at radius 2 is 1.71 bits per heavy atom. The zero-order valence-corrected chi connectivity index (χ0v) is 30.6. The molecule has 49 heavy (non-hydrogen) atoms. The van der Waals surface area contributed by atoms with Gasteiger partial charge in [-0.25, -0.2) is 4.79 Å². The molecule has 0 aromatic heterocycles. The summed E-state index contributed by atoms with van der Waals surface area (Å²) in [6.07, 6.45) is 6.95. The third-order valence-corrected chi connectivity index (χ3v) is 9.63. The number of hydrogen-bond acceptors (Lipinski definition) is 7. The predicted octanol–water partition coefficient (Wildman–Crippen LogP) is 4.28. The average Bonchev–Trinajstić information content (AvgIpc) is 3.57. The SMILES string of the molecule is COC(C)CCCC1CC/C(C)=C\CC(=O)NC(Cc2ccccc2)C(=O)N(C)CC(=O)N(C)C(CC(C)C)C(=O)N2CCCC2C(=O)O1. The number of methoxy groups -OCH3 is 1. The lowest BCUT2D eigenvalue weighted by Gasteiger charge is -2.35. The fourth-order valence-corrected chi connectivity index (χ4v) is 6.49. The Hall–Kier alpha value is -3.73. The van der Waals surface area contributed by atoms with Crippen molar-refractivity contribution in [1.29, 1.82) is 0 Å². The van der Waals surface area contributed by atoms with Crippen molar-refractivity contribution in [2.24, 2.45) is 5.92 Å². The molecule has 2 aliphatic heterocycles. The van der Waals surface area contributed by atoms with Crippen LogP contribution in [0.15, 0.2) is 42.0 Å². The lowest BCUT2D eigenvalue weighted by atomic mass is 10.0. The number of cyclic esters (lactones) is 1. The van der Waals surface area contributed by atoms with Crippen molar-refractivity contribution in [1.82, 2.24) is 20.0 Å².